The van der Waals surface area contributed by atoms with Crippen LogP contribution < -0.4 is 0 Å². The summed E-state index contributed by atoms with van der Waals surface area (Å²) in [6, 6.07) is 0.674. The van der Waals surface area contributed by atoms with E-state index in [0.717, 1.165) is 50.8 Å². The van der Waals surface area contributed by atoms with Crippen molar-refractivity contribution in [3.8, 4) is 0 Å². The second-order valence-electron chi connectivity index (χ2n) is 11.4. The lowest BCUT2D eigenvalue weighted by atomic mass is 9.78. The molecule has 2 saturated carbocycles. The van der Waals surface area contributed by atoms with Crippen molar-refractivity contribution >= 4 is 42.9 Å². The number of hydrogen-bond donors (Lipinski definition) is 0. The van der Waals surface area contributed by atoms with Crippen LogP contribution in [0.3, 0.4) is 0 Å². The number of rotatable bonds is 8. The summed E-state index contributed by atoms with van der Waals surface area (Å²) in [5.41, 5.74) is 2.31. The van der Waals surface area contributed by atoms with Gasteiger partial charge in [0.25, 0.3) is 0 Å². The molecule has 2 aliphatic rings. The highest BCUT2D eigenvalue weighted by atomic mass is 35.5. The zero-order valence-electron chi connectivity index (χ0n) is 21.1. The Kier molecular flexibility index (Phi) is 10.6. The Morgan fingerprint density at radius 1 is 0.806 bits per heavy atom. The monoisotopic (exact) mass is 488 g/mol. The lowest BCUT2D eigenvalue weighted by Gasteiger charge is -2.36. The molecule has 0 saturated heterocycles. The molecule has 0 heterocycles. The van der Waals surface area contributed by atoms with Crippen LogP contribution in [0.15, 0.2) is 9.98 Å². The summed E-state index contributed by atoms with van der Waals surface area (Å²) in [5.74, 6) is 2.05. The van der Waals surface area contributed by atoms with Gasteiger partial charge in [0.2, 0.25) is 0 Å². The highest BCUT2D eigenvalue weighted by molar-refractivity contribution is 6.69. The molecule has 0 aromatic carbocycles. The Hall–Kier alpha value is 0.0969. The summed E-state index contributed by atoms with van der Waals surface area (Å²) in [4.78, 5) is 10.6. The summed E-state index contributed by atoms with van der Waals surface area (Å²) in [5, 5.41) is 0.572. The van der Waals surface area contributed by atoms with Crippen LogP contribution in [0.4, 0.5) is 0 Å². The highest BCUT2D eigenvalue weighted by Crippen LogP contribution is 2.36. The average Bonchev–Trinajstić information content (AvgIpc) is 2.61. The van der Waals surface area contributed by atoms with E-state index in [1.54, 1.807) is 0 Å². The van der Waals surface area contributed by atoms with E-state index in [1.807, 2.05) is 0 Å². The summed E-state index contributed by atoms with van der Waals surface area (Å²) < 4.78 is 6.11. The topological polar surface area (TPSA) is 34.0 Å². The van der Waals surface area contributed by atoms with Crippen LogP contribution in [-0.4, -0.2) is 49.2 Å². The fourth-order valence-electron chi connectivity index (χ4n) is 5.43. The molecule has 31 heavy (non-hydrogen) atoms. The Balaban J connectivity index is 2.21. The van der Waals surface area contributed by atoms with Gasteiger partial charge in [-0.15, -0.1) is 23.2 Å². The van der Waals surface area contributed by atoms with E-state index in [9.17, 15) is 0 Å². The van der Waals surface area contributed by atoms with Crippen molar-refractivity contribution in [1.82, 2.24) is 0 Å². The van der Waals surface area contributed by atoms with Gasteiger partial charge in [0.15, 0.2) is 8.32 Å². The van der Waals surface area contributed by atoms with Gasteiger partial charge in [0.1, 0.15) is 0 Å². The number of aliphatic imine (C=N–C) groups is 2. The van der Waals surface area contributed by atoms with E-state index in [2.05, 4.69) is 54.3 Å². The molecule has 0 amide bonds. The molecule has 6 heteroatoms. The van der Waals surface area contributed by atoms with Gasteiger partial charge in [-0.3, -0.25) is 9.98 Å². The first-order valence-electron chi connectivity index (χ1n) is 12.4. The Morgan fingerprint density at radius 3 is 1.65 bits per heavy atom. The van der Waals surface area contributed by atoms with Gasteiger partial charge in [-0.1, -0.05) is 27.7 Å². The van der Waals surface area contributed by atoms with Crippen molar-refractivity contribution in [2.24, 2.45) is 33.7 Å². The maximum absolute atomic E-state index is 6.49. The minimum absolute atomic E-state index is 0.284. The Morgan fingerprint density at radius 2 is 1.23 bits per heavy atom. The fourth-order valence-corrected chi connectivity index (χ4v) is 7.31. The van der Waals surface area contributed by atoms with E-state index >= 15 is 0 Å². The fraction of sp³-hybridized carbons (Fsp3) is 0.920. The highest BCUT2D eigenvalue weighted by Gasteiger charge is 2.34. The third kappa shape index (κ3) is 8.75. The van der Waals surface area contributed by atoms with E-state index in [0.29, 0.717) is 35.8 Å². The first-order valence-corrected chi connectivity index (χ1v) is 16.7. The van der Waals surface area contributed by atoms with Gasteiger partial charge in [-0.2, -0.15) is 0 Å². The lowest BCUT2D eigenvalue weighted by molar-refractivity contribution is 0.255. The standard InChI is InChI=1S/C25H46Cl2N2OSi/c1-16-12-21(26)13-17(2)24(16)28-20(5)23(10-9-11-30-31(6,7)8)29-25-18(3)14-22(27)15-19(25)4/h16-19,21-22,24-25H,9-15H2,1-8H3. The van der Waals surface area contributed by atoms with Crippen LogP contribution in [0, 0.1) is 23.7 Å². The predicted octanol–water partition coefficient (Wildman–Crippen LogP) is 7.60. The molecule has 0 N–H and O–H groups in total. The zero-order chi connectivity index (χ0) is 23.3. The molecule has 4 atom stereocenters. The van der Waals surface area contributed by atoms with Gasteiger partial charge in [0.05, 0.1) is 23.5 Å². The average molecular weight is 490 g/mol. The molecular formula is C25H46Cl2N2OSi. The molecule has 0 aromatic rings. The van der Waals surface area contributed by atoms with Crippen LogP contribution in [0.5, 0.6) is 0 Å². The minimum Gasteiger partial charge on any atom is -0.418 e. The maximum atomic E-state index is 6.49. The molecule has 2 aliphatic carbocycles. The van der Waals surface area contributed by atoms with E-state index in [1.165, 1.54) is 5.71 Å². The first kappa shape index (κ1) is 27.3. The Bertz CT molecular complexity index is 610. The lowest BCUT2D eigenvalue weighted by Crippen LogP contribution is -2.36. The van der Waals surface area contributed by atoms with Gasteiger partial charge in [-0.05, 0) is 88.8 Å². The van der Waals surface area contributed by atoms with Crippen LogP contribution >= 0.6 is 23.2 Å². The zero-order valence-corrected chi connectivity index (χ0v) is 23.6. The molecule has 2 fully saturated rings. The normalized spacial score (nSPS) is 38.4. The summed E-state index contributed by atoms with van der Waals surface area (Å²) in [6.07, 6.45) is 6.15. The second kappa shape index (κ2) is 12.0. The summed E-state index contributed by atoms with van der Waals surface area (Å²) in [7, 11) is -1.49. The quantitative estimate of drug-likeness (QED) is 0.150. The largest absolute Gasteiger partial charge is 0.418 e. The van der Waals surface area contributed by atoms with Gasteiger partial charge >= 0.3 is 0 Å². The number of nitrogens with zero attached hydrogens (tertiary/aromatic N) is 2. The van der Waals surface area contributed by atoms with E-state index < -0.39 is 8.32 Å². The summed E-state index contributed by atoms with van der Waals surface area (Å²) in [6.45, 7) is 19.0. The molecule has 0 aromatic heterocycles. The van der Waals surface area contributed by atoms with Crippen LogP contribution in [0.2, 0.25) is 19.6 Å². The molecule has 3 nitrogen and oxygen atoms in total. The second-order valence-corrected chi connectivity index (χ2v) is 17.1. The Labute approximate surface area is 203 Å². The summed E-state index contributed by atoms with van der Waals surface area (Å²) >= 11 is 13.0. The van der Waals surface area contributed by atoms with Crippen LogP contribution in [0.1, 0.15) is 73.1 Å². The third-order valence-corrected chi connectivity index (χ3v) is 8.78. The van der Waals surface area contributed by atoms with Crippen LogP contribution in [-0.2, 0) is 4.43 Å². The van der Waals surface area contributed by atoms with E-state index in [-0.39, 0.29) is 10.8 Å². The molecule has 0 spiro atoms. The van der Waals surface area contributed by atoms with E-state index in [4.69, 9.17) is 37.6 Å². The van der Waals surface area contributed by atoms with Gasteiger partial charge in [-0.25, -0.2) is 0 Å². The maximum Gasteiger partial charge on any atom is 0.183 e. The third-order valence-electron chi connectivity index (χ3n) is 7.00. The minimum atomic E-state index is -1.49. The molecule has 2 rings (SSSR count). The van der Waals surface area contributed by atoms with Crippen molar-refractivity contribution in [3.63, 3.8) is 0 Å². The van der Waals surface area contributed by atoms with Crippen molar-refractivity contribution in [2.75, 3.05) is 6.61 Å². The van der Waals surface area contributed by atoms with Crippen molar-refractivity contribution in [2.45, 2.75) is 116 Å². The number of alkyl halides is 2. The predicted molar refractivity (Wildman–Crippen MR) is 141 cm³/mol. The molecule has 180 valence electrons. The molecule has 0 radical (unpaired) electrons. The first-order chi connectivity index (χ1) is 14.4. The van der Waals surface area contributed by atoms with Crippen molar-refractivity contribution < 1.29 is 4.43 Å². The SMILES string of the molecule is CC(=NC1C(C)CC(Cl)CC1C)C(CCCO[Si](C)(C)C)=NC1C(C)CC(Cl)CC1C. The molecular weight excluding hydrogens is 443 g/mol. The number of halogens is 2. The van der Waals surface area contributed by atoms with Crippen LogP contribution in [0.25, 0.3) is 0 Å². The molecule has 0 aliphatic heterocycles. The smallest absolute Gasteiger partial charge is 0.183 e. The van der Waals surface area contributed by atoms with Crippen molar-refractivity contribution in [1.29, 1.82) is 0 Å². The van der Waals surface area contributed by atoms with Gasteiger partial charge in [0, 0.05) is 17.4 Å². The number of hydrogen-bond acceptors (Lipinski definition) is 3. The van der Waals surface area contributed by atoms with Gasteiger partial charge < -0.3 is 4.43 Å². The molecule has 4 unspecified atom stereocenters. The van der Waals surface area contributed by atoms with Crippen molar-refractivity contribution in [3.05, 3.63) is 0 Å². The molecule has 0 bridgehead atoms.